The number of aromatic amines is 1. The first-order valence-corrected chi connectivity index (χ1v) is 5.21. The van der Waals surface area contributed by atoms with Crippen molar-refractivity contribution in [3.8, 4) is 0 Å². The highest BCUT2D eigenvalue weighted by Gasteiger charge is 2.10. The van der Waals surface area contributed by atoms with E-state index in [0.29, 0.717) is 16.7 Å². The van der Waals surface area contributed by atoms with E-state index in [2.05, 4.69) is 30.7 Å². The van der Waals surface area contributed by atoms with Gasteiger partial charge in [0.25, 0.3) is 5.91 Å². The average molecular weight is 240 g/mol. The molecule has 0 fully saturated rings. The molecule has 2 heterocycles. The van der Waals surface area contributed by atoms with Crippen LogP contribution in [0.4, 0.5) is 5.69 Å². The molecule has 0 radical (unpaired) electrons. The zero-order valence-electron chi connectivity index (χ0n) is 9.16. The number of hydrogen-bond acceptors (Lipinski definition) is 5. The minimum atomic E-state index is -0.335. The molecule has 0 bridgehead atoms. The van der Waals surface area contributed by atoms with Gasteiger partial charge in [0.05, 0.1) is 11.9 Å². The van der Waals surface area contributed by atoms with E-state index in [1.165, 1.54) is 18.6 Å². The second-order valence-corrected chi connectivity index (χ2v) is 3.54. The molecular formula is C11H8N6O. The summed E-state index contributed by atoms with van der Waals surface area (Å²) in [6.45, 7) is 0. The number of nitrogens with zero attached hydrogens (tertiary/aromatic N) is 4. The van der Waals surface area contributed by atoms with E-state index in [-0.39, 0.29) is 11.6 Å². The molecular weight excluding hydrogens is 232 g/mol. The van der Waals surface area contributed by atoms with Crippen molar-refractivity contribution in [1.82, 2.24) is 25.4 Å². The molecule has 1 aromatic carbocycles. The second kappa shape index (κ2) is 4.21. The number of H-pyrrole nitrogens is 1. The lowest BCUT2D eigenvalue weighted by Crippen LogP contribution is -2.14. The van der Waals surface area contributed by atoms with E-state index in [1.54, 1.807) is 18.2 Å². The summed E-state index contributed by atoms with van der Waals surface area (Å²) in [5, 5.41) is 13.2. The number of anilines is 1. The van der Waals surface area contributed by atoms with Gasteiger partial charge in [-0.25, -0.2) is 4.98 Å². The van der Waals surface area contributed by atoms with Gasteiger partial charge < -0.3 is 5.32 Å². The molecule has 0 atom stereocenters. The van der Waals surface area contributed by atoms with Crippen molar-refractivity contribution in [2.24, 2.45) is 0 Å². The van der Waals surface area contributed by atoms with Crippen molar-refractivity contribution in [3.05, 3.63) is 42.5 Å². The van der Waals surface area contributed by atoms with Gasteiger partial charge in [-0.1, -0.05) is 6.07 Å². The molecule has 0 aliphatic carbocycles. The predicted octanol–water partition coefficient (Wildman–Crippen LogP) is 1.00. The van der Waals surface area contributed by atoms with E-state index < -0.39 is 0 Å². The molecule has 0 spiro atoms. The van der Waals surface area contributed by atoms with Crippen molar-refractivity contribution < 1.29 is 4.79 Å². The van der Waals surface area contributed by atoms with Gasteiger partial charge in [0, 0.05) is 12.4 Å². The number of carbonyl (C=O) groups excluding carboxylic acids is 1. The van der Waals surface area contributed by atoms with Gasteiger partial charge in [-0.3, -0.25) is 9.78 Å². The van der Waals surface area contributed by atoms with Crippen LogP contribution in [0.2, 0.25) is 0 Å². The third-order valence-electron chi connectivity index (χ3n) is 2.39. The van der Waals surface area contributed by atoms with Gasteiger partial charge in [0.15, 0.2) is 0 Å². The Labute approximate surface area is 101 Å². The first-order valence-electron chi connectivity index (χ1n) is 5.21. The Morgan fingerprint density at radius 1 is 1.22 bits per heavy atom. The highest BCUT2D eigenvalue weighted by atomic mass is 16.1. The minimum Gasteiger partial charge on any atom is -0.319 e. The highest BCUT2D eigenvalue weighted by molar-refractivity contribution is 6.06. The number of benzene rings is 1. The number of rotatable bonds is 2. The number of nitrogens with one attached hydrogen (secondary N) is 2. The SMILES string of the molecule is O=C(Nc1cccc2n[nH]nc12)c1cnccn1. The Hall–Kier alpha value is -2.83. The van der Waals surface area contributed by atoms with Crippen LogP contribution in [-0.4, -0.2) is 31.3 Å². The molecule has 18 heavy (non-hydrogen) atoms. The van der Waals surface area contributed by atoms with Crippen molar-refractivity contribution in [3.63, 3.8) is 0 Å². The number of hydrogen-bond donors (Lipinski definition) is 2. The monoisotopic (exact) mass is 240 g/mol. The summed E-state index contributed by atoms with van der Waals surface area (Å²) in [5.74, 6) is -0.335. The van der Waals surface area contributed by atoms with Crippen LogP contribution >= 0.6 is 0 Å². The van der Waals surface area contributed by atoms with Crippen LogP contribution in [0.5, 0.6) is 0 Å². The summed E-state index contributed by atoms with van der Waals surface area (Å²) in [5.41, 5.74) is 2.12. The maximum absolute atomic E-state index is 11.9. The zero-order valence-corrected chi connectivity index (χ0v) is 9.16. The minimum absolute atomic E-state index is 0.248. The topological polar surface area (TPSA) is 96.5 Å². The first kappa shape index (κ1) is 10.3. The van der Waals surface area contributed by atoms with E-state index in [1.807, 2.05) is 0 Å². The lowest BCUT2D eigenvalue weighted by atomic mass is 10.2. The zero-order chi connectivity index (χ0) is 12.4. The normalized spacial score (nSPS) is 10.4. The summed E-state index contributed by atoms with van der Waals surface area (Å²) in [4.78, 5) is 19.7. The Morgan fingerprint density at radius 2 is 2.17 bits per heavy atom. The maximum Gasteiger partial charge on any atom is 0.275 e. The largest absolute Gasteiger partial charge is 0.319 e. The molecule has 0 aliphatic heterocycles. The first-order chi connectivity index (χ1) is 8.84. The summed E-state index contributed by atoms with van der Waals surface area (Å²) in [6, 6.07) is 5.34. The van der Waals surface area contributed by atoms with E-state index in [9.17, 15) is 4.79 Å². The fraction of sp³-hybridized carbons (Fsp3) is 0. The van der Waals surface area contributed by atoms with E-state index in [4.69, 9.17) is 0 Å². The van der Waals surface area contributed by atoms with Crippen LogP contribution in [0.15, 0.2) is 36.8 Å². The average Bonchev–Trinajstić information content (AvgIpc) is 2.89. The van der Waals surface area contributed by atoms with Crippen LogP contribution in [-0.2, 0) is 0 Å². The molecule has 3 aromatic rings. The fourth-order valence-electron chi connectivity index (χ4n) is 1.57. The van der Waals surface area contributed by atoms with E-state index in [0.717, 1.165) is 0 Å². The molecule has 3 rings (SSSR count). The Kier molecular flexibility index (Phi) is 2.41. The molecule has 0 aliphatic rings. The van der Waals surface area contributed by atoms with Crippen molar-refractivity contribution in [1.29, 1.82) is 0 Å². The van der Waals surface area contributed by atoms with Crippen LogP contribution in [0.1, 0.15) is 10.5 Å². The summed E-state index contributed by atoms with van der Waals surface area (Å²) < 4.78 is 0. The molecule has 7 nitrogen and oxygen atoms in total. The number of fused-ring (bicyclic) bond motifs is 1. The van der Waals surface area contributed by atoms with E-state index >= 15 is 0 Å². The predicted molar refractivity (Wildman–Crippen MR) is 63.9 cm³/mol. The fourth-order valence-corrected chi connectivity index (χ4v) is 1.57. The maximum atomic E-state index is 11.9. The smallest absolute Gasteiger partial charge is 0.275 e. The third kappa shape index (κ3) is 1.77. The Bertz CT molecular complexity index is 693. The number of aromatic nitrogens is 5. The second-order valence-electron chi connectivity index (χ2n) is 3.54. The number of para-hydroxylation sites is 1. The van der Waals surface area contributed by atoms with Gasteiger partial charge in [0.2, 0.25) is 0 Å². The summed E-state index contributed by atoms with van der Waals surface area (Å²) >= 11 is 0. The van der Waals surface area contributed by atoms with Gasteiger partial charge >= 0.3 is 0 Å². The summed E-state index contributed by atoms with van der Waals surface area (Å²) in [6.07, 6.45) is 4.37. The van der Waals surface area contributed by atoms with Gasteiger partial charge in [-0.15, -0.1) is 0 Å². The number of amides is 1. The van der Waals surface area contributed by atoms with Crippen LogP contribution < -0.4 is 5.32 Å². The lowest BCUT2D eigenvalue weighted by molar-refractivity contribution is 0.102. The molecule has 2 N–H and O–H groups in total. The summed E-state index contributed by atoms with van der Waals surface area (Å²) in [7, 11) is 0. The molecule has 0 saturated heterocycles. The Balaban J connectivity index is 1.93. The molecule has 88 valence electrons. The molecule has 7 heteroatoms. The quantitative estimate of drug-likeness (QED) is 0.696. The van der Waals surface area contributed by atoms with Crippen molar-refractivity contribution in [2.75, 3.05) is 5.32 Å². The molecule has 0 saturated carbocycles. The van der Waals surface area contributed by atoms with Crippen LogP contribution in [0.25, 0.3) is 11.0 Å². The van der Waals surface area contributed by atoms with Crippen LogP contribution in [0, 0.1) is 0 Å². The number of carbonyl (C=O) groups is 1. The van der Waals surface area contributed by atoms with Gasteiger partial charge in [-0.2, -0.15) is 15.4 Å². The molecule has 0 unspecified atom stereocenters. The highest BCUT2D eigenvalue weighted by Crippen LogP contribution is 2.19. The van der Waals surface area contributed by atoms with Crippen LogP contribution in [0.3, 0.4) is 0 Å². The lowest BCUT2D eigenvalue weighted by Gasteiger charge is -2.03. The van der Waals surface area contributed by atoms with Gasteiger partial charge in [0.1, 0.15) is 16.7 Å². The standard InChI is InChI=1S/C11H8N6O/c18-11(9-6-12-4-5-13-9)14-7-2-1-3-8-10(7)16-17-15-8/h1-6H,(H,14,18)(H,15,16,17). The molecule has 2 aromatic heterocycles. The van der Waals surface area contributed by atoms with Crippen molar-refractivity contribution in [2.45, 2.75) is 0 Å². The van der Waals surface area contributed by atoms with Gasteiger partial charge in [-0.05, 0) is 12.1 Å². The Morgan fingerprint density at radius 3 is 3.00 bits per heavy atom. The molecule has 1 amide bonds. The third-order valence-corrected chi connectivity index (χ3v) is 2.39. The van der Waals surface area contributed by atoms with Crippen molar-refractivity contribution >= 4 is 22.6 Å².